The summed E-state index contributed by atoms with van der Waals surface area (Å²) in [5, 5.41) is 14.9. The predicted molar refractivity (Wildman–Crippen MR) is 128 cm³/mol. The monoisotopic (exact) mass is 473 g/mol. The lowest BCUT2D eigenvalue weighted by Crippen LogP contribution is -2.34. The van der Waals surface area contributed by atoms with Crippen molar-refractivity contribution in [3.63, 3.8) is 0 Å². The Balaban J connectivity index is 1.61. The Morgan fingerprint density at radius 3 is 2.39 bits per heavy atom. The van der Waals surface area contributed by atoms with E-state index in [-0.39, 0.29) is 23.0 Å². The summed E-state index contributed by atoms with van der Waals surface area (Å²) in [4.78, 5) is 11.2. The van der Waals surface area contributed by atoms with Crippen molar-refractivity contribution in [2.45, 2.75) is 32.1 Å². The molecule has 1 aliphatic carbocycles. The highest BCUT2D eigenvalue weighted by atomic mass is 32.2. The van der Waals surface area contributed by atoms with Crippen LogP contribution in [0.15, 0.2) is 47.4 Å². The summed E-state index contributed by atoms with van der Waals surface area (Å²) in [5.74, 6) is 1.58. The number of nitro groups is 1. The second-order valence-corrected chi connectivity index (χ2v) is 11.2. The third kappa shape index (κ3) is 4.84. The molecule has 1 saturated carbocycles. The number of nitrogens with zero attached hydrogens (tertiary/aromatic N) is 2. The van der Waals surface area contributed by atoms with E-state index >= 15 is 0 Å². The Labute approximate surface area is 195 Å². The molecule has 1 aliphatic heterocycles. The summed E-state index contributed by atoms with van der Waals surface area (Å²) in [7, 11) is -3.99. The topological polar surface area (TPSA) is 102 Å². The van der Waals surface area contributed by atoms with Gasteiger partial charge in [-0.3, -0.25) is 14.4 Å². The third-order valence-corrected chi connectivity index (χ3v) is 8.37. The SMILES string of the molecule is CCc1ccc(N(CC(C)C)S(=O)(=O)c2ccc(NCC3C4COCC34)c([N+](=O)[O-])c2)cc1. The molecule has 1 saturated heterocycles. The van der Waals surface area contributed by atoms with Crippen molar-refractivity contribution in [3.05, 3.63) is 58.1 Å². The van der Waals surface area contributed by atoms with Gasteiger partial charge >= 0.3 is 0 Å². The zero-order valence-electron chi connectivity index (χ0n) is 19.2. The van der Waals surface area contributed by atoms with Crippen LogP contribution in [0.3, 0.4) is 0 Å². The summed E-state index contributed by atoms with van der Waals surface area (Å²) >= 11 is 0. The van der Waals surface area contributed by atoms with Gasteiger partial charge in [0.05, 0.1) is 28.7 Å². The number of rotatable bonds is 10. The van der Waals surface area contributed by atoms with Gasteiger partial charge in [0.1, 0.15) is 5.69 Å². The Morgan fingerprint density at radius 2 is 1.82 bits per heavy atom. The maximum atomic E-state index is 13.6. The fraction of sp³-hybridized carbons (Fsp3) is 0.500. The van der Waals surface area contributed by atoms with Crippen LogP contribution < -0.4 is 9.62 Å². The van der Waals surface area contributed by atoms with Gasteiger partial charge in [-0.15, -0.1) is 0 Å². The van der Waals surface area contributed by atoms with Crippen molar-refractivity contribution in [2.75, 3.05) is 35.9 Å². The van der Waals surface area contributed by atoms with Gasteiger partial charge in [-0.2, -0.15) is 0 Å². The minimum absolute atomic E-state index is 0.0727. The van der Waals surface area contributed by atoms with Gasteiger partial charge in [0.25, 0.3) is 15.7 Å². The molecule has 0 radical (unpaired) electrons. The van der Waals surface area contributed by atoms with Crippen LogP contribution in [0.4, 0.5) is 17.1 Å². The number of ether oxygens (including phenoxy) is 1. The molecular weight excluding hydrogens is 442 g/mol. The summed E-state index contributed by atoms with van der Waals surface area (Å²) in [6.07, 6.45) is 0.854. The minimum Gasteiger partial charge on any atom is -0.381 e. The van der Waals surface area contributed by atoms with Crippen molar-refractivity contribution in [1.82, 2.24) is 0 Å². The van der Waals surface area contributed by atoms with Gasteiger partial charge in [-0.05, 0) is 59.9 Å². The number of benzene rings is 2. The molecule has 4 rings (SSSR count). The molecule has 0 aromatic heterocycles. The third-order valence-electron chi connectivity index (χ3n) is 6.58. The highest BCUT2D eigenvalue weighted by Gasteiger charge is 2.53. The van der Waals surface area contributed by atoms with E-state index in [4.69, 9.17) is 4.74 Å². The van der Waals surface area contributed by atoms with Crippen LogP contribution in [0.25, 0.3) is 0 Å². The van der Waals surface area contributed by atoms with E-state index in [1.54, 1.807) is 12.1 Å². The number of fused-ring (bicyclic) bond motifs is 1. The molecule has 1 heterocycles. The van der Waals surface area contributed by atoms with E-state index in [1.807, 2.05) is 32.9 Å². The molecule has 2 aromatic carbocycles. The Hall–Kier alpha value is -2.65. The first-order valence-electron chi connectivity index (χ1n) is 11.4. The standard InChI is InChI=1S/C24H31N3O5S/c1-4-17-5-7-18(8-6-17)26(13-16(2)3)33(30,31)19-9-10-23(24(11-19)27(28)29)25-12-20-21-14-32-15-22(20)21/h5-11,16,20-22,25H,4,12-15H2,1-3H3. The van der Waals surface area contributed by atoms with Crippen LogP contribution in [0.2, 0.25) is 0 Å². The van der Waals surface area contributed by atoms with Crippen LogP contribution in [-0.2, 0) is 21.2 Å². The number of nitro benzene ring substituents is 1. The van der Waals surface area contributed by atoms with Gasteiger partial charge in [0.15, 0.2) is 0 Å². The maximum Gasteiger partial charge on any atom is 0.293 e. The largest absolute Gasteiger partial charge is 0.381 e. The molecule has 178 valence electrons. The lowest BCUT2D eigenvalue weighted by atomic mass is 10.1. The van der Waals surface area contributed by atoms with Crippen molar-refractivity contribution in [2.24, 2.45) is 23.7 Å². The van der Waals surface area contributed by atoms with E-state index in [1.165, 1.54) is 22.5 Å². The van der Waals surface area contributed by atoms with Gasteiger partial charge in [0.2, 0.25) is 0 Å². The first kappa shape index (κ1) is 23.5. The molecule has 2 fully saturated rings. The molecule has 8 nitrogen and oxygen atoms in total. The van der Waals surface area contributed by atoms with Crippen LogP contribution >= 0.6 is 0 Å². The smallest absolute Gasteiger partial charge is 0.293 e. The average molecular weight is 474 g/mol. The Morgan fingerprint density at radius 1 is 1.15 bits per heavy atom. The lowest BCUT2D eigenvalue weighted by molar-refractivity contribution is -0.384. The van der Waals surface area contributed by atoms with Crippen LogP contribution in [0.5, 0.6) is 0 Å². The van der Waals surface area contributed by atoms with Gasteiger partial charge in [-0.1, -0.05) is 32.9 Å². The number of hydrogen-bond acceptors (Lipinski definition) is 6. The van der Waals surface area contributed by atoms with Crippen molar-refractivity contribution in [1.29, 1.82) is 0 Å². The highest BCUT2D eigenvalue weighted by Crippen LogP contribution is 2.50. The molecule has 1 N–H and O–H groups in total. The molecule has 0 spiro atoms. The predicted octanol–water partition coefficient (Wildman–Crippen LogP) is 4.31. The lowest BCUT2D eigenvalue weighted by Gasteiger charge is -2.26. The fourth-order valence-corrected chi connectivity index (χ4v) is 6.21. The van der Waals surface area contributed by atoms with Gasteiger partial charge < -0.3 is 10.1 Å². The first-order chi connectivity index (χ1) is 15.7. The Bertz CT molecular complexity index is 1110. The van der Waals surface area contributed by atoms with E-state index in [9.17, 15) is 18.5 Å². The number of anilines is 2. The first-order valence-corrected chi connectivity index (χ1v) is 12.9. The van der Waals surface area contributed by atoms with E-state index in [2.05, 4.69) is 5.32 Å². The van der Waals surface area contributed by atoms with E-state index < -0.39 is 14.9 Å². The molecule has 2 aromatic rings. The summed E-state index contributed by atoms with van der Waals surface area (Å²) < 4.78 is 33.9. The molecule has 0 bridgehead atoms. The molecule has 2 atom stereocenters. The maximum absolute atomic E-state index is 13.6. The van der Waals surface area contributed by atoms with Gasteiger partial charge in [-0.25, -0.2) is 8.42 Å². The Kier molecular flexibility index (Phi) is 6.63. The summed E-state index contributed by atoms with van der Waals surface area (Å²) in [6.45, 7) is 8.31. The second-order valence-electron chi connectivity index (χ2n) is 9.30. The fourth-order valence-electron chi connectivity index (χ4n) is 4.56. The number of aryl methyl sites for hydroxylation is 1. The minimum atomic E-state index is -3.99. The number of hydrogen-bond donors (Lipinski definition) is 1. The molecule has 9 heteroatoms. The highest BCUT2D eigenvalue weighted by molar-refractivity contribution is 7.92. The van der Waals surface area contributed by atoms with Crippen molar-refractivity contribution < 1.29 is 18.1 Å². The van der Waals surface area contributed by atoms with Gasteiger partial charge in [0, 0.05) is 19.2 Å². The molecular formula is C24H31N3O5S. The average Bonchev–Trinajstić information content (AvgIpc) is 3.21. The zero-order valence-corrected chi connectivity index (χ0v) is 20.0. The van der Waals surface area contributed by atoms with Crippen LogP contribution in [-0.4, -0.2) is 39.6 Å². The van der Waals surface area contributed by atoms with Crippen LogP contribution in [0, 0.1) is 33.8 Å². The zero-order chi connectivity index (χ0) is 23.8. The molecule has 2 unspecified atom stereocenters. The molecule has 2 aliphatic rings. The molecule has 33 heavy (non-hydrogen) atoms. The normalized spacial score (nSPS) is 21.6. The van der Waals surface area contributed by atoms with Crippen molar-refractivity contribution >= 4 is 27.1 Å². The van der Waals surface area contributed by atoms with Crippen molar-refractivity contribution in [3.8, 4) is 0 Å². The van der Waals surface area contributed by atoms with E-state index in [0.29, 0.717) is 35.7 Å². The number of sulfonamides is 1. The summed E-state index contributed by atoms with van der Waals surface area (Å²) in [5.41, 5.74) is 1.77. The number of nitrogens with one attached hydrogen (secondary N) is 1. The molecule has 0 amide bonds. The van der Waals surface area contributed by atoms with E-state index in [0.717, 1.165) is 25.2 Å². The summed E-state index contributed by atoms with van der Waals surface area (Å²) in [6, 6.07) is 11.5. The van der Waals surface area contributed by atoms with Crippen LogP contribution in [0.1, 0.15) is 26.3 Å². The quantitative estimate of drug-likeness (QED) is 0.407. The second kappa shape index (κ2) is 9.30.